The van der Waals surface area contributed by atoms with Crippen LogP contribution in [0.4, 0.5) is 0 Å². The third-order valence-electron chi connectivity index (χ3n) is 10.7. The number of unbranched alkanes of at least 4 members (excludes halogenated alkanes) is 15. The first-order valence-corrected chi connectivity index (χ1v) is 25.1. The number of nitrogens with zero attached hydrogens (tertiary/aromatic N) is 1. The van der Waals surface area contributed by atoms with Crippen molar-refractivity contribution in [1.29, 1.82) is 0 Å². The molecule has 0 bridgehead atoms. The fourth-order valence-corrected chi connectivity index (χ4v) is 10.3. The maximum atomic E-state index is 9.43. The van der Waals surface area contributed by atoms with Gasteiger partial charge in [-0.05, 0) is 24.7 Å². The second-order valence-corrected chi connectivity index (χ2v) is 19.1. The Morgan fingerprint density at radius 2 is 1.08 bits per heavy atom. The molecule has 0 spiro atoms. The molecule has 0 aliphatic heterocycles. The molecule has 0 aromatic heterocycles. The van der Waals surface area contributed by atoms with Crippen LogP contribution < -0.4 is 21.2 Å². The molecule has 0 aliphatic carbocycles. The molecule has 0 radical (unpaired) electrons. The van der Waals surface area contributed by atoms with E-state index in [0.717, 1.165) is 30.7 Å². The molecular weight excluding hydrogens is 709 g/mol. The van der Waals surface area contributed by atoms with Gasteiger partial charge in [-0.25, -0.2) is 0 Å². The zero-order valence-electron chi connectivity index (χ0n) is 34.5. The Kier molecular flexibility index (Phi) is 38.0. The molecule has 2 atom stereocenters. The predicted octanol–water partition coefficient (Wildman–Crippen LogP) is 11.7. The van der Waals surface area contributed by atoms with Crippen LogP contribution in [0, 0.1) is 17.8 Å². The average molecular weight is 801 g/mol. The van der Waals surface area contributed by atoms with Gasteiger partial charge in [0.25, 0.3) is 0 Å². The van der Waals surface area contributed by atoms with Crippen molar-refractivity contribution in [2.45, 2.75) is 221 Å². The monoisotopic (exact) mass is 801 g/mol. The number of hydrogen-bond donors (Lipinski definition) is 1. The SMILES string of the molecule is C=C(CCCCCCCCCC)CCCCC[I-]CN(CCCO)CCCCCCCC(=C)CC(CCC(CC)CCCCC)CC(C)C. The van der Waals surface area contributed by atoms with Crippen molar-refractivity contribution < 1.29 is 26.3 Å². The smallest absolute Gasteiger partial charge is 0.0654 e. The Balaban J connectivity index is 4.01. The third-order valence-corrected chi connectivity index (χ3v) is 13.7. The van der Waals surface area contributed by atoms with Gasteiger partial charge in [-0.2, -0.15) is 0 Å². The number of rotatable bonds is 40. The quantitative estimate of drug-likeness (QED) is 0.0219. The molecular formula is C46H91INO-. The summed E-state index contributed by atoms with van der Waals surface area (Å²) in [6.45, 7) is 23.4. The molecule has 0 rings (SSSR count). The molecule has 0 aliphatic rings. The van der Waals surface area contributed by atoms with E-state index in [1.807, 2.05) is 0 Å². The van der Waals surface area contributed by atoms with Gasteiger partial charge in [0.15, 0.2) is 0 Å². The minimum absolute atomic E-state index is 0.259. The van der Waals surface area contributed by atoms with Crippen molar-refractivity contribution in [3.05, 3.63) is 24.3 Å². The maximum absolute atomic E-state index is 9.43. The molecule has 2 nitrogen and oxygen atoms in total. The summed E-state index contributed by atoms with van der Waals surface area (Å²) in [7, 11) is 0. The fourth-order valence-electron chi connectivity index (χ4n) is 7.51. The second-order valence-electron chi connectivity index (χ2n) is 16.3. The summed E-state index contributed by atoms with van der Waals surface area (Å²) in [4.78, 5) is 2.68. The van der Waals surface area contributed by atoms with Crippen LogP contribution in [0.3, 0.4) is 0 Å². The van der Waals surface area contributed by atoms with Gasteiger partial charge >= 0.3 is 206 Å². The van der Waals surface area contributed by atoms with Gasteiger partial charge in [-0.15, -0.1) is 0 Å². The summed E-state index contributed by atoms with van der Waals surface area (Å²) in [5, 5.41) is 9.43. The zero-order chi connectivity index (χ0) is 36.2. The fraction of sp³-hybridized carbons (Fsp3) is 0.913. The molecule has 0 fully saturated rings. The summed E-state index contributed by atoms with van der Waals surface area (Å²) in [6, 6.07) is 0. The van der Waals surface area contributed by atoms with Crippen LogP contribution in [0.15, 0.2) is 24.3 Å². The van der Waals surface area contributed by atoms with E-state index in [2.05, 4.69) is 52.7 Å². The molecule has 0 aromatic carbocycles. The Bertz CT molecular complexity index is 705. The van der Waals surface area contributed by atoms with Crippen LogP contribution in [0.1, 0.15) is 221 Å². The third kappa shape index (κ3) is 35.0. The van der Waals surface area contributed by atoms with Gasteiger partial charge < -0.3 is 0 Å². The van der Waals surface area contributed by atoms with Crippen molar-refractivity contribution in [3.8, 4) is 0 Å². The summed E-state index contributed by atoms with van der Waals surface area (Å²) in [5.74, 6) is 2.57. The van der Waals surface area contributed by atoms with E-state index < -0.39 is 0 Å². The molecule has 49 heavy (non-hydrogen) atoms. The van der Waals surface area contributed by atoms with Crippen molar-refractivity contribution in [1.82, 2.24) is 4.90 Å². The van der Waals surface area contributed by atoms with Gasteiger partial charge in [0, 0.05) is 0 Å². The molecule has 0 heterocycles. The first-order valence-electron chi connectivity index (χ1n) is 22.1. The van der Waals surface area contributed by atoms with Crippen LogP contribution in [0.2, 0.25) is 0 Å². The van der Waals surface area contributed by atoms with E-state index in [-0.39, 0.29) is 21.2 Å². The molecule has 1 N–H and O–H groups in total. The van der Waals surface area contributed by atoms with Crippen molar-refractivity contribution >= 4 is 0 Å². The Morgan fingerprint density at radius 3 is 1.67 bits per heavy atom. The first kappa shape index (κ1) is 49.1. The topological polar surface area (TPSA) is 23.5 Å². The number of alkyl halides is 2. The summed E-state index contributed by atoms with van der Waals surface area (Å²) < 4.78 is 2.78. The number of hydrogen-bond acceptors (Lipinski definition) is 2. The molecule has 0 saturated heterocycles. The molecule has 0 aromatic rings. The van der Waals surface area contributed by atoms with E-state index in [1.165, 1.54) is 206 Å². The number of halogens is 1. The van der Waals surface area contributed by atoms with Gasteiger partial charge in [-0.1, -0.05) is 92.4 Å². The zero-order valence-corrected chi connectivity index (χ0v) is 36.6. The predicted molar refractivity (Wildman–Crippen MR) is 219 cm³/mol. The van der Waals surface area contributed by atoms with E-state index in [4.69, 9.17) is 0 Å². The summed E-state index contributed by atoms with van der Waals surface area (Å²) in [6.07, 6.45) is 39.2. The normalized spacial score (nSPS) is 13.1. The van der Waals surface area contributed by atoms with Crippen LogP contribution in [-0.4, -0.2) is 38.7 Å². The van der Waals surface area contributed by atoms with Crippen molar-refractivity contribution in [3.63, 3.8) is 0 Å². The van der Waals surface area contributed by atoms with Gasteiger partial charge in [0.2, 0.25) is 0 Å². The molecule has 0 saturated carbocycles. The Labute approximate surface area is 321 Å². The minimum atomic E-state index is 0.259. The van der Waals surface area contributed by atoms with Crippen molar-refractivity contribution in [2.75, 3.05) is 28.7 Å². The van der Waals surface area contributed by atoms with Gasteiger partial charge in [0.05, 0.1) is 0 Å². The van der Waals surface area contributed by atoms with Crippen LogP contribution >= 0.6 is 0 Å². The molecule has 294 valence electrons. The standard InChI is InChI=1S/C46H91INO/c1-8-11-13-14-15-16-18-23-29-43(6)30-25-21-26-35-47-41-48(37-28-38-49)36-27-20-17-19-24-31-44(7)40-46(39-42(4)5)34-33-45(10-3)32-22-12-9-2/h42,45-46,49H,6-41H2,1-5H3/q-1. The molecule has 2 unspecified atom stereocenters. The minimum Gasteiger partial charge on any atom is -0.0654 e. The Morgan fingerprint density at radius 1 is 0.571 bits per heavy atom. The molecule has 3 heteroatoms. The van der Waals surface area contributed by atoms with Crippen LogP contribution in [0.5, 0.6) is 0 Å². The number of aliphatic hydroxyl groups is 1. The summed E-state index contributed by atoms with van der Waals surface area (Å²) >= 11 is 0.259. The number of allylic oxidation sites excluding steroid dienone is 2. The Hall–Kier alpha value is 0.130. The van der Waals surface area contributed by atoms with Gasteiger partial charge in [0.1, 0.15) is 0 Å². The van der Waals surface area contributed by atoms with Crippen LogP contribution in [0.25, 0.3) is 0 Å². The van der Waals surface area contributed by atoms with Crippen LogP contribution in [-0.2, 0) is 0 Å². The van der Waals surface area contributed by atoms with E-state index in [0.29, 0.717) is 6.61 Å². The first-order chi connectivity index (χ1) is 23.9. The van der Waals surface area contributed by atoms with E-state index in [9.17, 15) is 5.11 Å². The molecule has 0 amide bonds. The summed E-state index contributed by atoms with van der Waals surface area (Å²) in [5.41, 5.74) is 3.02. The van der Waals surface area contributed by atoms with Crippen molar-refractivity contribution in [2.24, 2.45) is 17.8 Å². The van der Waals surface area contributed by atoms with E-state index >= 15 is 0 Å². The number of aliphatic hydroxyl groups excluding tert-OH is 1. The average Bonchev–Trinajstić information content (AvgIpc) is 3.08. The van der Waals surface area contributed by atoms with Gasteiger partial charge in [-0.3, -0.25) is 0 Å². The second kappa shape index (κ2) is 37.9. The van der Waals surface area contributed by atoms with E-state index in [1.54, 1.807) is 0 Å².